The van der Waals surface area contributed by atoms with Gasteiger partial charge in [0.15, 0.2) is 0 Å². The molecule has 3 heteroatoms. The molecule has 1 atom stereocenters. The van der Waals surface area contributed by atoms with E-state index in [9.17, 15) is 0 Å². The Morgan fingerprint density at radius 1 is 0.643 bits per heavy atom. The van der Waals surface area contributed by atoms with Crippen LogP contribution in [-0.4, -0.2) is 32.1 Å². The van der Waals surface area contributed by atoms with Crippen LogP contribution >= 0.6 is 8.15 Å². The third kappa shape index (κ3) is 21.1. The molecule has 0 saturated carbocycles. The zero-order valence-electron chi connectivity index (χ0n) is 20.2. The van der Waals surface area contributed by atoms with Crippen LogP contribution in [0.2, 0.25) is 0 Å². The van der Waals surface area contributed by atoms with Gasteiger partial charge in [0.1, 0.15) is 0 Å². The lowest BCUT2D eigenvalue weighted by Crippen LogP contribution is -2.23. The van der Waals surface area contributed by atoms with Crippen LogP contribution < -0.4 is 0 Å². The van der Waals surface area contributed by atoms with Crippen LogP contribution in [0.5, 0.6) is 0 Å². The second-order valence-corrected chi connectivity index (χ2v) is 11.2. The monoisotopic (exact) mass is 416 g/mol. The molecule has 0 aromatic rings. The number of rotatable bonds is 22. The highest BCUT2D eigenvalue weighted by Gasteiger charge is 2.17. The fourth-order valence-electron chi connectivity index (χ4n) is 3.46. The average molecular weight is 417 g/mol. The lowest BCUT2D eigenvalue weighted by molar-refractivity contribution is 0.0201. The Labute approximate surface area is 179 Å². The zero-order chi connectivity index (χ0) is 20.9. The molecule has 28 heavy (non-hydrogen) atoms. The Hall–Kier alpha value is 0.350. The van der Waals surface area contributed by atoms with Crippen molar-refractivity contribution in [2.75, 3.05) is 26.5 Å². The SMILES string of the molecule is CCCCCCCCCCCCCCCCCCOP(C)CCC(C)(C)OC. The molecule has 0 amide bonds. The Bertz CT molecular complexity index is 307. The number of ether oxygens (including phenoxy) is 1. The third-order valence-corrected chi connectivity index (χ3v) is 7.37. The molecule has 0 aromatic carbocycles. The van der Waals surface area contributed by atoms with Gasteiger partial charge >= 0.3 is 0 Å². The van der Waals surface area contributed by atoms with Crippen LogP contribution in [0.4, 0.5) is 0 Å². The van der Waals surface area contributed by atoms with E-state index >= 15 is 0 Å². The highest BCUT2D eigenvalue weighted by atomic mass is 31.1. The zero-order valence-corrected chi connectivity index (χ0v) is 21.1. The summed E-state index contributed by atoms with van der Waals surface area (Å²) >= 11 is 0. The molecule has 1 unspecified atom stereocenters. The molecule has 0 spiro atoms. The second-order valence-electron chi connectivity index (χ2n) is 9.20. The molecule has 0 radical (unpaired) electrons. The fourth-order valence-corrected chi connectivity index (χ4v) is 4.89. The Balaban J connectivity index is 3.17. The number of unbranched alkanes of at least 4 members (excludes halogenated alkanes) is 15. The Kier molecular flexibility index (Phi) is 20.9. The number of hydrogen-bond acceptors (Lipinski definition) is 2. The molecule has 0 heterocycles. The van der Waals surface area contributed by atoms with Crippen molar-refractivity contribution in [3.63, 3.8) is 0 Å². The van der Waals surface area contributed by atoms with Crippen molar-refractivity contribution in [1.29, 1.82) is 0 Å². The summed E-state index contributed by atoms with van der Waals surface area (Å²) in [6.07, 6.45) is 25.0. The van der Waals surface area contributed by atoms with Gasteiger partial charge < -0.3 is 9.26 Å². The molecule has 0 aliphatic carbocycles. The quantitative estimate of drug-likeness (QED) is 0.129. The fraction of sp³-hybridized carbons (Fsp3) is 1.00. The molecule has 170 valence electrons. The minimum atomic E-state index is -0.274. The maximum atomic E-state index is 6.01. The van der Waals surface area contributed by atoms with Gasteiger partial charge in [-0.3, -0.25) is 0 Å². The van der Waals surface area contributed by atoms with Crippen LogP contribution in [0.3, 0.4) is 0 Å². The normalized spacial score (nSPS) is 13.2. The van der Waals surface area contributed by atoms with Gasteiger partial charge in [0.25, 0.3) is 0 Å². The van der Waals surface area contributed by atoms with Gasteiger partial charge in [0.05, 0.1) is 12.2 Å². The van der Waals surface area contributed by atoms with E-state index in [0.717, 1.165) is 19.2 Å². The van der Waals surface area contributed by atoms with Crippen molar-refractivity contribution in [1.82, 2.24) is 0 Å². The van der Waals surface area contributed by atoms with Gasteiger partial charge in [-0.1, -0.05) is 103 Å². The van der Waals surface area contributed by atoms with E-state index in [0.29, 0.717) is 0 Å². The lowest BCUT2D eigenvalue weighted by atomic mass is 10.0. The molecular weight excluding hydrogens is 363 g/mol. The predicted octanol–water partition coefficient (Wildman–Crippen LogP) is 9.11. The summed E-state index contributed by atoms with van der Waals surface area (Å²) in [5, 5.41) is 0. The molecular formula is C25H53O2P. The van der Waals surface area contributed by atoms with E-state index in [1.165, 1.54) is 103 Å². The van der Waals surface area contributed by atoms with E-state index in [1.807, 2.05) is 0 Å². The molecule has 0 saturated heterocycles. The summed E-state index contributed by atoms with van der Waals surface area (Å²) in [5.41, 5.74) is -0.00575. The third-order valence-electron chi connectivity index (χ3n) is 5.89. The first-order valence-electron chi connectivity index (χ1n) is 12.4. The molecule has 0 N–H and O–H groups in total. The van der Waals surface area contributed by atoms with Crippen molar-refractivity contribution in [3.05, 3.63) is 0 Å². The molecule has 0 bridgehead atoms. The molecule has 0 aliphatic rings. The van der Waals surface area contributed by atoms with Crippen LogP contribution in [-0.2, 0) is 9.26 Å². The highest BCUT2D eigenvalue weighted by Crippen LogP contribution is 2.35. The Morgan fingerprint density at radius 2 is 1.04 bits per heavy atom. The van der Waals surface area contributed by atoms with Crippen molar-refractivity contribution < 1.29 is 9.26 Å². The minimum absolute atomic E-state index is 0.00575. The summed E-state index contributed by atoms with van der Waals surface area (Å²) in [6, 6.07) is 0. The van der Waals surface area contributed by atoms with Crippen molar-refractivity contribution in [3.8, 4) is 0 Å². The van der Waals surface area contributed by atoms with E-state index in [-0.39, 0.29) is 13.7 Å². The van der Waals surface area contributed by atoms with E-state index < -0.39 is 0 Å². The largest absolute Gasteiger partial charge is 0.379 e. The van der Waals surface area contributed by atoms with Crippen molar-refractivity contribution in [2.45, 2.75) is 136 Å². The summed E-state index contributed by atoms with van der Waals surface area (Å²) < 4.78 is 11.5. The Morgan fingerprint density at radius 3 is 1.43 bits per heavy atom. The van der Waals surface area contributed by atoms with Crippen molar-refractivity contribution in [2.24, 2.45) is 0 Å². The number of hydrogen-bond donors (Lipinski definition) is 0. The average Bonchev–Trinajstić information content (AvgIpc) is 2.69. The minimum Gasteiger partial charge on any atom is -0.379 e. The van der Waals surface area contributed by atoms with Crippen LogP contribution in [0, 0.1) is 0 Å². The predicted molar refractivity (Wildman–Crippen MR) is 129 cm³/mol. The number of methoxy groups -OCH3 is 1. The first-order chi connectivity index (χ1) is 13.5. The summed E-state index contributed by atoms with van der Waals surface area (Å²) in [7, 11) is 1.53. The van der Waals surface area contributed by atoms with E-state index in [2.05, 4.69) is 27.4 Å². The van der Waals surface area contributed by atoms with E-state index in [1.54, 1.807) is 7.11 Å². The molecule has 0 rings (SSSR count). The van der Waals surface area contributed by atoms with Crippen LogP contribution in [0.25, 0.3) is 0 Å². The second kappa shape index (κ2) is 20.6. The maximum absolute atomic E-state index is 6.01. The highest BCUT2D eigenvalue weighted by molar-refractivity contribution is 7.51. The van der Waals surface area contributed by atoms with Crippen molar-refractivity contribution >= 4 is 8.15 Å². The molecule has 2 nitrogen and oxygen atoms in total. The van der Waals surface area contributed by atoms with Gasteiger partial charge in [-0.15, -0.1) is 0 Å². The molecule has 0 aliphatic heterocycles. The van der Waals surface area contributed by atoms with Crippen LogP contribution in [0.1, 0.15) is 130 Å². The topological polar surface area (TPSA) is 18.5 Å². The standard InChI is InChI=1S/C25H53O2P/c1-6-7-8-9-10-11-12-13-14-15-16-17-18-19-20-21-23-27-28(5)24-22-25(2,3)26-4/h6-24H2,1-5H3. The summed E-state index contributed by atoms with van der Waals surface area (Å²) in [5.74, 6) is 0. The van der Waals surface area contributed by atoms with Gasteiger partial charge in [-0.05, 0) is 39.5 Å². The maximum Gasteiger partial charge on any atom is 0.0626 e. The summed E-state index contributed by atoms with van der Waals surface area (Å²) in [6.45, 7) is 9.82. The first-order valence-corrected chi connectivity index (χ1v) is 14.3. The molecule has 0 fully saturated rings. The van der Waals surface area contributed by atoms with Crippen LogP contribution in [0.15, 0.2) is 0 Å². The smallest absolute Gasteiger partial charge is 0.0626 e. The first kappa shape index (κ1) is 28.4. The molecule has 0 aromatic heterocycles. The lowest BCUT2D eigenvalue weighted by Gasteiger charge is -2.24. The van der Waals surface area contributed by atoms with Gasteiger partial charge in [0.2, 0.25) is 0 Å². The van der Waals surface area contributed by atoms with Gasteiger partial charge in [-0.2, -0.15) is 0 Å². The van der Waals surface area contributed by atoms with E-state index in [4.69, 9.17) is 9.26 Å². The summed E-state index contributed by atoms with van der Waals surface area (Å²) in [4.78, 5) is 0. The van der Waals surface area contributed by atoms with Gasteiger partial charge in [-0.25, -0.2) is 0 Å². The van der Waals surface area contributed by atoms with Gasteiger partial charge in [0, 0.05) is 15.3 Å².